The molecule has 1 aromatic carbocycles. The summed E-state index contributed by atoms with van der Waals surface area (Å²) in [5.41, 5.74) is 2.68. The van der Waals surface area contributed by atoms with E-state index in [2.05, 4.69) is 10.6 Å². The van der Waals surface area contributed by atoms with Crippen LogP contribution in [0.5, 0.6) is 0 Å². The first kappa shape index (κ1) is 16.0. The number of amides is 2. The first-order valence-corrected chi connectivity index (χ1v) is 6.71. The first-order chi connectivity index (χ1) is 9.36. The SMILES string of the molecule is CC[C@@H](C)[C@H](NC(=O)Nc1cccc(C)c1C)C(=O)[O-]. The zero-order valence-corrected chi connectivity index (χ0v) is 12.3. The smallest absolute Gasteiger partial charge is 0.319 e. The van der Waals surface area contributed by atoms with Crippen molar-refractivity contribution >= 4 is 17.7 Å². The van der Waals surface area contributed by atoms with Gasteiger partial charge in [0.15, 0.2) is 0 Å². The van der Waals surface area contributed by atoms with E-state index in [1.165, 1.54) is 0 Å². The number of nitrogens with one attached hydrogen (secondary N) is 2. The normalized spacial score (nSPS) is 13.4. The molecule has 0 heterocycles. The van der Waals surface area contributed by atoms with Gasteiger partial charge in [-0.3, -0.25) is 0 Å². The number of benzene rings is 1. The van der Waals surface area contributed by atoms with Crippen LogP contribution in [0.1, 0.15) is 31.4 Å². The van der Waals surface area contributed by atoms with Crippen LogP contribution in [0.25, 0.3) is 0 Å². The number of hydrogen-bond acceptors (Lipinski definition) is 3. The van der Waals surface area contributed by atoms with Crippen LogP contribution in [0.15, 0.2) is 18.2 Å². The molecule has 2 N–H and O–H groups in total. The molecule has 0 saturated carbocycles. The van der Waals surface area contributed by atoms with Crippen molar-refractivity contribution in [3.63, 3.8) is 0 Å². The second-order valence-corrected chi connectivity index (χ2v) is 5.03. The van der Waals surface area contributed by atoms with Crippen molar-refractivity contribution in [2.45, 2.75) is 40.2 Å². The number of carboxylic acid groups (broad SMARTS) is 1. The average molecular weight is 277 g/mol. The van der Waals surface area contributed by atoms with Crippen LogP contribution in [0.3, 0.4) is 0 Å². The van der Waals surface area contributed by atoms with Gasteiger partial charge >= 0.3 is 6.03 Å². The zero-order valence-electron chi connectivity index (χ0n) is 12.3. The Bertz CT molecular complexity index is 500. The molecule has 0 saturated heterocycles. The molecule has 0 aromatic heterocycles. The predicted molar refractivity (Wildman–Crippen MR) is 76.3 cm³/mol. The number of carbonyl (C=O) groups excluding carboxylic acids is 2. The van der Waals surface area contributed by atoms with E-state index in [0.29, 0.717) is 12.1 Å². The molecule has 0 spiro atoms. The quantitative estimate of drug-likeness (QED) is 0.857. The summed E-state index contributed by atoms with van der Waals surface area (Å²) in [5.74, 6) is -1.46. The molecule has 0 radical (unpaired) electrons. The molecule has 1 rings (SSSR count). The molecule has 2 amide bonds. The highest BCUT2D eigenvalue weighted by Crippen LogP contribution is 2.18. The lowest BCUT2D eigenvalue weighted by molar-refractivity contribution is -0.309. The fourth-order valence-corrected chi connectivity index (χ4v) is 1.86. The Labute approximate surface area is 119 Å². The largest absolute Gasteiger partial charge is 0.548 e. The van der Waals surface area contributed by atoms with Gasteiger partial charge in [-0.25, -0.2) is 4.79 Å². The van der Waals surface area contributed by atoms with Gasteiger partial charge in [-0.1, -0.05) is 32.4 Å². The Hall–Kier alpha value is -2.04. The number of carbonyl (C=O) groups is 2. The maximum atomic E-state index is 11.9. The average Bonchev–Trinajstić information content (AvgIpc) is 2.40. The summed E-state index contributed by atoms with van der Waals surface area (Å²) >= 11 is 0. The molecule has 5 nitrogen and oxygen atoms in total. The van der Waals surface area contributed by atoms with Crippen LogP contribution in [0, 0.1) is 19.8 Å². The number of carboxylic acids is 1. The second kappa shape index (κ2) is 6.93. The first-order valence-electron chi connectivity index (χ1n) is 6.71. The summed E-state index contributed by atoms with van der Waals surface area (Å²) in [5, 5.41) is 16.2. The van der Waals surface area contributed by atoms with Gasteiger partial charge in [0.05, 0.1) is 12.0 Å². The Morgan fingerprint density at radius 3 is 2.50 bits per heavy atom. The van der Waals surface area contributed by atoms with Gasteiger partial charge in [-0.2, -0.15) is 0 Å². The van der Waals surface area contributed by atoms with E-state index >= 15 is 0 Å². The van der Waals surface area contributed by atoms with E-state index in [1.54, 1.807) is 13.0 Å². The van der Waals surface area contributed by atoms with Crippen molar-refractivity contribution in [2.75, 3.05) is 5.32 Å². The van der Waals surface area contributed by atoms with Gasteiger partial charge in [0.25, 0.3) is 0 Å². The summed E-state index contributed by atoms with van der Waals surface area (Å²) in [4.78, 5) is 23.0. The van der Waals surface area contributed by atoms with Crippen molar-refractivity contribution in [3.8, 4) is 0 Å². The number of rotatable bonds is 5. The minimum atomic E-state index is -1.27. The van der Waals surface area contributed by atoms with Crippen molar-refractivity contribution in [1.29, 1.82) is 0 Å². The summed E-state index contributed by atoms with van der Waals surface area (Å²) in [6.07, 6.45) is 0.641. The number of aryl methyl sites for hydroxylation is 1. The second-order valence-electron chi connectivity index (χ2n) is 5.03. The third kappa shape index (κ3) is 3.98. The highest BCUT2D eigenvalue weighted by atomic mass is 16.4. The summed E-state index contributed by atoms with van der Waals surface area (Å²) < 4.78 is 0. The summed E-state index contributed by atoms with van der Waals surface area (Å²) in [6.45, 7) is 7.47. The van der Waals surface area contributed by atoms with Gasteiger partial charge < -0.3 is 20.5 Å². The minimum Gasteiger partial charge on any atom is -0.548 e. The lowest BCUT2D eigenvalue weighted by Crippen LogP contribution is -2.52. The van der Waals surface area contributed by atoms with Crippen LogP contribution in [0.2, 0.25) is 0 Å². The van der Waals surface area contributed by atoms with Crippen molar-refractivity contribution in [1.82, 2.24) is 5.32 Å². The lowest BCUT2D eigenvalue weighted by atomic mass is 9.99. The molecule has 0 aliphatic heterocycles. The molecule has 0 unspecified atom stereocenters. The molecule has 110 valence electrons. The van der Waals surface area contributed by atoms with E-state index in [1.807, 2.05) is 32.9 Å². The summed E-state index contributed by atoms with van der Waals surface area (Å²) in [6, 6.07) is 4.03. The number of urea groups is 1. The molecule has 1 aromatic rings. The Morgan fingerprint density at radius 1 is 1.30 bits per heavy atom. The van der Waals surface area contributed by atoms with Gasteiger partial charge in [0, 0.05) is 5.69 Å². The van der Waals surface area contributed by atoms with E-state index in [-0.39, 0.29) is 5.92 Å². The molecular formula is C15H21N2O3-. The van der Waals surface area contributed by atoms with Crippen molar-refractivity contribution in [2.24, 2.45) is 5.92 Å². The van der Waals surface area contributed by atoms with Crippen molar-refractivity contribution in [3.05, 3.63) is 29.3 Å². The highest BCUT2D eigenvalue weighted by Gasteiger charge is 2.19. The van der Waals surface area contributed by atoms with Gasteiger partial charge in [-0.05, 0) is 37.0 Å². The Morgan fingerprint density at radius 2 is 1.95 bits per heavy atom. The fraction of sp³-hybridized carbons (Fsp3) is 0.467. The molecule has 2 atom stereocenters. The third-order valence-corrected chi connectivity index (χ3v) is 3.61. The van der Waals surface area contributed by atoms with E-state index in [0.717, 1.165) is 11.1 Å². The Balaban J connectivity index is 2.76. The number of hydrogen-bond donors (Lipinski definition) is 2. The molecule has 20 heavy (non-hydrogen) atoms. The molecule has 5 heteroatoms. The molecule has 0 fully saturated rings. The highest BCUT2D eigenvalue weighted by molar-refractivity contribution is 5.92. The molecular weight excluding hydrogens is 256 g/mol. The number of aliphatic carboxylic acids is 1. The van der Waals surface area contributed by atoms with E-state index in [4.69, 9.17) is 0 Å². The monoisotopic (exact) mass is 277 g/mol. The van der Waals surface area contributed by atoms with Crippen molar-refractivity contribution < 1.29 is 14.7 Å². The number of anilines is 1. The molecule has 0 bridgehead atoms. The molecule has 0 aliphatic rings. The van der Waals surface area contributed by atoms with Crippen LogP contribution >= 0.6 is 0 Å². The predicted octanol–water partition coefficient (Wildman–Crippen LogP) is 1.59. The van der Waals surface area contributed by atoms with Crippen LogP contribution in [-0.4, -0.2) is 18.0 Å². The van der Waals surface area contributed by atoms with E-state index in [9.17, 15) is 14.7 Å². The van der Waals surface area contributed by atoms with Crippen LogP contribution < -0.4 is 15.7 Å². The van der Waals surface area contributed by atoms with Crippen LogP contribution in [0.4, 0.5) is 10.5 Å². The maximum Gasteiger partial charge on any atom is 0.319 e. The van der Waals surface area contributed by atoms with E-state index < -0.39 is 18.0 Å². The third-order valence-electron chi connectivity index (χ3n) is 3.61. The fourth-order valence-electron chi connectivity index (χ4n) is 1.86. The standard InChI is InChI=1S/C15H22N2O3/c1-5-9(2)13(14(18)19)17-15(20)16-12-8-6-7-10(3)11(12)4/h6-9,13H,5H2,1-4H3,(H,18,19)(H2,16,17,20)/p-1/t9-,13+/m1/s1. The summed E-state index contributed by atoms with van der Waals surface area (Å²) in [7, 11) is 0. The van der Waals surface area contributed by atoms with Gasteiger partial charge in [0.2, 0.25) is 0 Å². The van der Waals surface area contributed by atoms with Crippen LogP contribution in [-0.2, 0) is 4.79 Å². The minimum absolute atomic E-state index is 0.190. The molecule has 0 aliphatic carbocycles. The van der Waals surface area contributed by atoms with Gasteiger partial charge in [0.1, 0.15) is 0 Å². The lowest BCUT2D eigenvalue weighted by Gasteiger charge is -2.25. The van der Waals surface area contributed by atoms with Gasteiger partial charge in [-0.15, -0.1) is 0 Å². The zero-order chi connectivity index (χ0) is 15.3. The maximum absolute atomic E-state index is 11.9. The topological polar surface area (TPSA) is 81.3 Å². The Kier molecular flexibility index (Phi) is 5.55.